The van der Waals surface area contributed by atoms with Crippen LogP contribution in [0.3, 0.4) is 0 Å². The molecule has 1 saturated carbocycles. The summed E-state index contributed by atoms with van der Waals surface area (Å²) in [5.74, 6) is 0.722. The van der Waals surface area contributed by atoms with Crippen molar-refractivity contribution >= 4 is 0 Å². The van der Waals surface area contributed by atoms with E-state index < -0.39 is 0 Å². The highest BCUT2D eigenvalue weighted by molar-refractivity contribution is 5.15. The molecule has 0 saturated heterocycles. The predicted octanol–water partition coefficient (Wildman–Crippen LogP) is 5.36. The Morgan fingerprint density at radius 2 is 1.64 bits per heavy atom. The Kier molecular flexibility index (Phi) is 12.0. The van der Waals surface area contributed by atoms with Crippen LogP contribution in [-0.4, -0.2) is 0 Å². The molecular formula is C14H28. The van der Waals surface area contributed by atoms with E-state index in [0.29, 0.717) is 0 Å². The molecule has 0 amide bonds. The monoisotopic (exact) mass is 196 g/mol. The summed E-state index contributed by atoms with van der Waals surface area (Å²) in [7, 11) is 0. The Balaban J connectivity index is 0. The molecule has 0 aromatic heterocycles. The highest BCUT2D eigenvalue weighted by Gasteiger charge is 2.14. The second kappa shape index (κ2) is 10.6. The van der Waals surface area contributed by atoms with Crippen molar-refractivity contribution in [1.82, 2.24) is 0 Å². The van der Waals surface area contributed by atoms with Crippen LogP contribution in [-0.2, 0) is 0 Å². The van der Waals surface area contributed by atoms with E-state index >= 15 is 0 Å². The van der Waals surface area contributed by atoms with Gasteiger partial charge >= 0.3 is 0 Å². The van der Waals surface area contributed by atoms with Gasteiger partial charge < -0.3 is 0 Å². The number of hydrogen-bond acceptors (Lipinski definition) is 0. The molecule has 0 heteroatoms. The van der Waals surface area contributed by atoms with Crippen LogP contribution < -0.4 is 0 Å². The summed E-state index contributed by atoms with van der Waals surface area (Å²) in [6, 6.07) is 0. The first-order valence-corrected chi connectivity index (χ1v) is 6.05. The van der Waals surface area contributed by atoms with Crippen molar-refractivity contribution in [2.45, 2.75) is 60.8 Å². The average Bonchev–Trinajstić information content (AvgIpc) is 2.28. The third kappa shape index (κ3) is 6.01. The van der Waals surface area contributed by atoms with Crippen LogP contribution in [0.15, 0.2) is 23.8 Å². The van der Waals surface area contributed by atoms with E-state index in [1.165, 1.54) is 24.8 Å². The van der Waals surface area contributed by atoms with Crippen molar-refractivity contribution < 1.29 is 0 Å². The lowest BCUT2D eigenvalue weighted by atomic mass is 9.83. The van der Waals surface area contributed by atoms with Crippen LogP contribution >= 0.6 is 0 Å². The highest BCUT2D eigenvalue weighted by atomic mass is 14.2. The van der Waals surface area contributed by atoms with E-state index in [1.807, 2.05) is 27.7 Å². The van der Waals surface area contributed by atoms with Crippen LogP contribution in [0.5, 0.6) is 0 Å². The quantitative estimate of drug-likeness (QED) is 0.457. The fourth-order valence-electron chi connectivity index (χ4n) is 1.47. The molecule has 0 unspecified atom stereocenters. The molecule has 0 heterocycles. The summed E-state index contributed by atoms with van der Waals surface area (Å²) in [5.41, 5.74) is 3.05. The molecule has 1 aliphatic carbocycles. The summed E-state index contributed by atoms with van der Waals surface area (Å²) in [5, 5.41) is 0. The van der Waals surface area contributed by atoms with Gasteiger partial charge in [0.2, 0.25) is 0 Å². The van der Waals surface area contributed by atoms with Crippen LogP contribution in [0.1, 0.15) is 60.8 Å². The summed E-state index contributed by atoms with van der Waals surface area (Å²) in [4.78, 5) is 0. The zero-order valence-electron chi connectivity index (χ0n) is 11.0. The van der Waals surface area contributed by atoms with Crippen molar-refractivity contribution in [1.29, 1.82) is 0 Å². The average molecular weight is 196 g/mol. The van der Waals surface area contributed by atoms with E-state index in [-0.39, 0.29) is 0 Å². The molecule has 14 heavy (non-hydrogen) atoms. The third-order valence-electron chi connectivity index (χ3n) is 2.44. The minimum atomic E-state index is 0.722. The first kappa shape index (κ1) is 15.9. The zero-order chi connectivity index (χ0) is 11.6. The molecule has 0 aromatic rings. The molecular weight excluding hydrogens is 168 g/mol. The Morgan fingerprint density at radius 3 is 2.00 bits per heavy atom. The van der Waals surface area contributed by atoms with Crippen molar-refractivity contribution in [3.05, 3.63) is 23.8 Å². The summed E-state index contributed by atoms with van der Waals surface area (Å²) in [6.45, 7) is 16.4. The van der Waals surface area contributed by atoms with E-state index in [9.17, 15) is 0 Å². The molecule has 1 fully saturated rings. The lowest BCUT2D eigenvalue weighted by molar-refractivity contribution is 0.575. The molecule has 0 spiro atoms. The van der Waals surface area contributed by atoms with Gasteiger partial charge in [-0.05, 0) is 32.1 Å². The van der Waals surface area contributed by atoms with Gasteiger partial charge in [0, 0.05) is 0 Å². The second-order valence-corrected chi connectivity index (χ2v) is 3.21. The van der Waals surface area contributed by atoms with Gasteiger partial charge in [-0.15, -0.1) is 0 Å². The maximum atomic E-state index is 4.04. The summed E-state index contributed by atoms with van der Waals surface area (Å²) < 4.78 is 0. The van der Waals surface area contributed by atoms with Gasteiger partial charge in [0.15, 0.2) is 0 Å². The van der Waals surface area contributed by atoms with Crippen molar-refractivity contribution in [2.24, 2.45) is 5.92 Å². The normalized spacial score (nSPS) is 23.1. The fourth-order valence-corrected chi connectivity index (χ4v) is 1.47. The molecule has 1 atom stereocenters. The largest absolute Gasteiger partial charge is 0.0996 e. The molecule has 1 aliphatic rings. The highest BCUT2D eigenvalue weighted by Crippen LogP contribution is 2.30. The third-order valence-corrected chi connectivity index (χ3v) is 2.44. The van der Waals surface area contributed by atoms with Crippen LogP contribution in [0.4, 0.5) is 0 Å². The Bertz CT molecular complexity index is 163. The molecule has 84 valence electrons. The number of hydrogen-bond donors (Lipinski definition) is 0. The maximum Gasteiger partial charge on any atom is -0.0197 e. The topological polar surface area (TPSA) is 0 Å². The van der Waals surface area contributed by atoms with Gasteiger partial charge in [0.05, 0.1) is 0 Å². The van der Waals surface area contributed by atoms with Crippen molar-refractivity contribution in [3.8, 4) is 0 Å². The minimum absolute atomic E-state index is 0.722. The van der Waals surface area contributed by atoms with Gasteiger partial charge in [-0.2, -0.15) is 0 Å². The molecule has 1 rings (SSSR count). The van der Waals surface area contributed by atoms with Crippen molar-refractivity contribution in [2.75, 3.05) is 0 Å². The predicted molar refractivity (Wildman–Crippen MR) is 68.6 cm³/mol. The number of rotatable bonds is 0. The standard InChI is InChI=1S/C10H16.2C2H6/c1-4-10-6-5-8(2)9(3)7-10;2*1-2/h4,9H,2,5-7H2,1,3H3;2*1-2H3/b10-4-;;/t9-;;/m1../s1. The lowest BCUT2D eigenvalue weighted by Crippen LogP contribution is -2.06. The molecule has 0 aliphatic heterocycles. The van der Waals surface area contributed by atoms with Crippen LogP contribution in [0, 0.1) is 5.92 Å². The van der Waals surface area contributed by atoms with Gasteiger partial charge in [0.1, 0.15) is 0 Å². The summed E-state index contributed by atoms with van der Waals surface area (Å²) in [6.07, 6.45) is 5.96. The Labute approximate surface area is 91.1 Å². The van der Waals surface area contributed by atoms with Crippen LogP contribution in [0.25, 0.3) is 0 Å². The van der Waals surface area contributed by atoms with Gasteiger partial charge in [-0.3, -0.25) is 0 Å². The second-order valence-electron chi connectivity index (χ2n) is 3.21. The van der Waals surface area contributed by atoms with Gasteiger partial charge in [-0.25, -0.2) is 0 Å². The fraction of sp³-hybridized carbons (Fsp3) is 0.714. The molecule has 0 radical (unpaired) electrons. The first-order chi connectivity index (χ1) is 6.74. The Hall–Kier alpha value is -0.520. The molecule has 0 nitrogen and oxygen atoms in total. The molecule has 0 N–H and O–H groups in total. The van der Waals surface area contributed by atoms with E-state index in [2.05, 4.69) is 26.5 Å². The first-order valence-electron chi connectivity index (χ1n) is 6.05. The van der Waals surface area contributed by atoms with Gasteiger partial charge in [0.25, 0.3) is 0 Å². The number of allylic oxidation sites excluding steroid dienone is 3. The molecule has 0 aromatic carbocycles. The zero-order valence-corrected chi connectivity index (χ0v) is 11.0. The van der Waals surface area contributed by atoms with E-state index in [4.69, 9.17) is 0 Å². The van der Waals surface area contributed by atoms with Crippen molar-refractivity contribution in [3.63, 3.8) is 0 Å². The SMILES string of the molecule is C=C1CC/C(=C/C)C[C@H]1C.CC.CC. The Morgan fingerprint density at radius 1 is 1.14 bits per heavy atom. The van der Waals surface area contributed by atoms with Gasteiger partial charge in [-0.1, -0.05) is 58.4 Å². The van der Waals surface area contributed by atoms with Crippen LogP contribution in [0.2, 0.25) is 0 Å². The lowest BCUT2D eigenvalue weighted by Gasteiger charge is -2.22. The smallest absolute Gasteiger partial charge is 0.0197 e. The maximum absolute atomic E-state index is 4.04. The minimum Gasteiger partial charge on any atom is -0.0996 e. The molecule has 0 bridgehead atoms. The summed E-state index contributed by atoms with van der Waals surface area (Å²) >= 11 is 0. The van der Waals surface area contributed by atoms with E-state index in [0.717, 1.165) is 5.92 Å². The van der Waals surface area contributed by atoms with E-state index in [1.54, 1.807) is 5.57 Å².